The third-order valence-electron chi connectivity index (χ3n) is 3.41. The highest BCUT2D eigenvalue weighted by atomic mass is 79.9. The van der Waals surface area contributed by atoms with Gasteiger partial charge in [0, 0.05) is 17.3 Å². The van der Waals surface area contributed by atoms with Gasteiger partial charge in [0.05, 0.1) is 18.5 Å². The molecule has 3 rings (SSSR count). The van der Waals surface area contributed by atoms with Crippen LogP contribution in [0, 0.1) is 0 Å². The Labute approximate surface area is 125 Å². The van der Waals surface area contributed by atoms with Crippen molar-refractivity contribution in [2.75, 3.05) is 6.61 Å². The van der Waals surface area contributed by atoms with Gasteiger partial charge in [0.25, 0.3) is 0 Å². The summed E-state index contributed by atoms with van der Waals surface area (Å²) in [6.45, 7) is 1.64. The van der Waals surface area contributed by atoms with Crippen LogP contribution in [0.15, 0.2) is 16.7 Å². The van der Waals surface area contributed by atoms with Crippen LogP contribution in [0.1, 0.15) is 25.1 Å². The predicted octanol–water partition coefficient (Wildman–Crippen LogP) is 3.50. The van der Waals surface area contributed by atoms with Crippen molar-refractivity contribution in [3.05, 3.63) is 22.6 Å². The summed E-state index contributed by atoms with van der Waals surface area (Å²) in [6.07, 6.45) is 5.53. The SMILES string of the molecule is ClCc1nc2cc(Br)cnc2n1CC1CCCCO1. The van der Waals surface area contributed by atoms with E-state index < -0.39 is 0 Å². The monoisotopic (exact) mass is 343 g/mol. The first kappa shape index (κ1) is 13.3. The van der Waals surface area contributed by atoms with Gasteiger partial charge in [-0.2, -0.15) is 0 Å². The van der Waals surface area contributed by atoms with Crippen molar-refractivity contribution in [3.8, 4) is 0 Å². The molecule has 102 valence electrons. The minimum atomic E-state index is 0.249. The summed E-state index contributed by atoms with van der Waals surface area (Å²) in [7, 11) is 0. The van der Waals surface area contributed by atoms with E-state index in [1.54, 1.807) is 6.20 Å². The average Bonchev–Trinajstić information content (AvgIpc) is 2.77. The molecule has 0 spiro atoms. The lowest BCUT2D eigenvalue weighted by atomic mass is 10.1. The molecule has 0 N–H and O–H groups in total. The van der Waals surface area contributed by atoms with Crippen molar-refractivity contribution >= 4 is 38.7 Å². The Balaban J connectivity index is 1.95. The van der Waals surface area contributed by atoms with Crippen LogP contribution in [0.4, 0.5) is 0 Å². The number of rotatable bonds is 3. The van der Waals surface area contributed by atoms with E-state index >= 15 is 0 Å². The van der Waals surface area contributed by atoms with E-state index in [9.17, 15) is 0 Å². The minimum absolute atomic E-state index is 0.249. The molecule has 0 bridgehead atoms. The summed E-state index contributed by atoms with van der Waals surface area (Å²) in [6, 6.07) is 1.97. The topological polar surface area (TPSA) is 39.9 Å². The van der Waals surface area contributed by atoms with Crippen molar-refractivity contribution < 1.29 is 4.74 Å². The van der Waals surface area contributed by atoms with Gasteiger partial charge >= 0.3 is 0 Å². The zero-order chi connectivity index (χ0) is 13.2. The molecule has 1 fully saturated rings. The second kappa shape index (κ2) is 5.77. The first-order chi connectivity index (χ1) is 9.28. The number of alkyl halides is 1. The fourth-order valence-corrected chi connectivity index (χ4v) is 3.01. The predicted molar refractivity (Wildman–Crippen MR) is 78.4 cm³/mol. The highest BCUT2D eigenvalue weighted by Crippen LogP contribution is 2.22. The van der Waals surface area contributed by atoms with Gasteiger partial charge in [0.15, 0.2) is 5.65 Å². The van der Waals surface area contributed by atoms with Gasteiger partial charge in [0.2, 0.25) is 0 Å². The summed E-state index contributed by atoms with van der Waals surface area (Å²) in [5.74, 6) is 1.25. The van der Waals surface area contributed by atoms with Gasteiger partial charge in [0.1, 0.15) is 11.3 Å². The number of aromatic nitrogens is 3. The quantitative estimate of drug-likeness (QED) is 0.800. The number of nitrogens with zero attached hydrogens (tertiary/aromatic N) is 3. The molecule has 0 aromatic carbocycles. The van der Waals surface area contributed by atoms with E-state index in [0.717, 1.165) is 47.5 Å². The zero-order valence-corrected chi connectivity index (χ0v) is 12.8. The summed E-state index contributed by atoms with van der Waals surface area (Å²) < 4.78 is 8.81. The van der Waals surface area contributed by atoms with Crippen molar-refractivity contribution in [1.82, 2.24) is 14.5 Å². The Kier molecular flexibility index (Phi) is 4.05. The molecule has 0 amide bonds. The van der Waals surface area contributed by atoms with Crippen LogP contribution in [-0.4, -0.2) is 27.2 Å². The second-order valence-electron chi connectivity index (χ2n) is 4.76. The Morgan fingerprint density at radius 3 is 3.11 bits per heavy atom. The molecule has 4 nitrogen and oxygen atoms in total. The number of ether oxygens (including phenoxy) is 1. The van der Waals surface area contributed by atoms with Crippen LogP contribution < -0.4 is 0 Å². The molecule has 0 radical (unpaired) electrons. The summed E-state index contributed by atoms with van der Waals surface area (Å²) in [5, 5.41) is 0. The zero-order valence-electron chi connectivity index (χ0n) is 10.5. The maximum Gasteiger partial charge on any atom is 0.160 e. The third-order valence-corrected chi connectivity index (χ3v) is 4.08. The molecule has 1 unspecified atom stereocenters. The highest BCUT2D eigenvalue weighted by molar-refractivity contribution is 9.10. The number of fused-ring (bicyclic) bond motifs is 1. The first-order valence-electron chi connectivity index (χ1n) is 6.46. The third kappa shape index (κ3) is 2.78. The molecule has 1 saturated heterocycles. The van der Waals surface area contributed by atoms with E-state index in [1.165, 1.54) is 6.42 Å². The van der Waals surface area contributed by atoms with E-state index in [4.69, 9.17) is 16.3 Å². The molecule has 1 aliphatic rings. The van der Waals surface area contributed by atoms with Gasteiger partial charge in [-0.15, -0.1) is 11.6 Å². The number of pyridine rings is 1. The largest absolute Gasteiger partial charge is 0.376 e. The maximum absolute atomic E-state index is 6.00. The van der Waals surface area contributed by atoms with Crippen LogP contribution >= 0.6 is 27.5 Å². The lowest BCUT2D eigenvalue weighted by Crippen LogP contribution is -2.25. The molecular weight excluding hydrogens is 330 g/mol. The normalized spacial score (nSPS) is 20.0. The summed E-state index contributed by atoms with van der Waals surface area (Å²) >= 11 is 9.41. The molecule has 19 heavy (non-hydrogen) atoms. The minimum Gasteiger partial charge on any atom is -0.376 e. The lowest BCUT2D eigenvalue weighted by Gasteiger charge is -2.23. The molecule has 6 heteroatoms. The van der Waals surface area contributed by atoms with Crippen molar-refractivity contribution in [1.29, 1.82) is 0 Å². The lowest BCUT2D eigenvalue weighted by molar-refractivity contribution is 0.00619. The van der Waals surface area contributed by atoms with Crippen LogP contribution in [0.2, 0.25) is 0 Å². The van der Waals surface area contributed by atoms with Gasteiger partial charge in [-0.25, -0.2) is 9.97 Å². The van der Waals surface area contributed by atoms with Crippen molar-refractivity contribution in [2.45, 2.75) is 37.8 Å². The van der Waals surface area contributed by atoms with Crippen LogP contribution in [-0.2, 0) is 17.2 Å². The number of hydrogen-bond acceptors (Lipinski definition) is 3. The fraction of sp³-hybridized carbons (Fsp3) is 0.538. The Morgan fingerprint density at radius 2 is 2.37 bits per heavy atom. The fourth-order valence-electron chi connectivity index (χ4n) is 2.48. The van der Waals surface area contributed by atoms with E-state index in [0.29, 0.717) is 5.88 Å². The molecular formula is C13H15BrClN3O. The smallest absolute Gasteiger partial charge is 0.160 e. The molecule has 1 aliphatic heterocycles. The maximum atomic E-state index is 6.00. The highest BCUT2D eigenvalue weighted by Gasteiger charge is 2.19. The van der Waals surface area contributed by atoms with Crippen molar-refractivity contribution in [3.63, 3.8) is 0 Å². The molecule has 0 aliphatic carbocycles. The average molecular weight is 345 g/mol. The number of hydrogen-bond donors (Lipinski definition) is 0. The molecule has 2 aromatic rings. The van der Waals surface area contributed by atoms with Crippen LogP contribution in [0.3, 0.4) is 0 Å². The van der Waals surface area contributed by atoms with Gasteiger partial charge in [-0.05, 0) is 41.3 Å². The first-order valence-corrected chi connectivity index (χ1v) is 7.79. The Bertz CT molecular complexity index is 581. The van der Waals surface area contributed by atoms with E-state index in [-0.39, 0.29) is 6.10 Å². The number of halogens is 2. The Morgan fingerprint density at radius 1 is 1.47 bits per heavy atom. The second-order valence-corrected chi connectivity index (χ2v) is 5.94. The Hall–Kier alpha value is -0.650. The standard InChI is InChI=1S/C13H15BrClN3O/c14-9-5-11-13(16-7-9)18(12(6-15)17-11)8-10-3-1-2-4-19-10/h5,7,10H,1-4,6,8H2. The van der Waals surface area contributed by atoms with Gasteiger partial charge in [-0.1, -0.05) is 0 Å². The van der Waals surface area contributed by atoms with E-state index in [1.807, 2.05) is 6.07 Å². The van der Waals surface area contributed by atoms with Crippen LogP contribution in [0.25, 0.3) is 11.2 Å². The summed E-state index contributed by atoms with van der Waals surface area (Å²) in [4.78, 5) is 8.99. The molecule has 1 atom stereocenters. The molecule has 2 aromatic heterocycles. The van der Waals surface area contributed by atoms with Crippen LogP contribution in [0.5, 0.6) is 0 Å². The van der Waals surface area contributed by atoms with E-state index in [2.05, 4.69) is 30.5 Å². The van der Waals surface area contributed by atoms with Gasteiger partial charge in [-0.3, -0.25) is 0 Å². The van der Waals surface area contributed by atoms with Gasteiger partial charge < -0.3 is 9.30 Å². The number of imidazole rings is 1. The van der Waals surface area contributed by atoms with Crippen molar-refractivity contribution in [2.24, 2.45) is 0 Å². The molecule has 0 saturated carbocycles. The molecule has 3 heterocycles. The summed E-state index contributed by atoms with van der Waals surface area (Å²) in [5.41, 5.74) is 1.76.